The third-order valence-electron chi connectivity index (χ3n) is 3.00. The Morgan fingerprint density at radius 1 is 1.62 bits per heavy atom. The van der Waals surface area contributed by atoms with Gasteiger partial charge in [-0.15, -0.1) is 0 Å². The second-order valence-corrected chi connectivity index (χ2v) is 4.35. The van der Waals surface area contributed by atoms with Gasteiger partial charge < -0.3 is 10.5 Å². The van der Waals surface area contributed by atoms with Gasteiger partial charge in [0.15, 0.2) is 0 Å². The summed E-state index contributed by atoms with van der Waals surface area (Å²) in [6.07, 6.45) is 6.51. The molecule has 1 aliphatic rings. The molecule has 1 aromatic heterocycles. The Morgan fingerprint density at radius 3 is 3.19 bits per heavy atom. The minimum Gasteiger partial charge on any atom is -0.378 e. The van der Waals surface area contributed by atoms with E-state index in [1.165, 1.54) is 12.8 Å². The van der Waals surface area contributed by atoms with Crippen molar-refractivity contribution in [1.82, 2.24) is 9.97 Å². The van der Waals surface area contributed by atoms with Gasteiger partial charge in [-0.25, -0.2) is 9.97 Å². The van der Waals surface area contributed by atoms with E-state index in [2.05, 4.69) is 9.97 Å². The van der Waals surface area contributed by atoms with Crippen molar-refractivity contribution in [3.63, 3.8) is 0 Å². The fourth-order valence-electron chi connectivity index (χ4n) is 2.07. The highest BCUT2D eigenvalue weighted by Gasteiger charge is 2.17. The van der Waals surface area contributed by atoms with Crippen molar-refractivity contribution in [2.45, 2.75) is 44.8 Å². The molecular formula is C12H19N3O. The van der Waals surface area contributed by atoms with E-state index in [-0.39, 0.29) is 6.04 Å². The Hall–Kier alpha value is -1.00. The zero-order chi connectivity index (χ0) is 11.4. The number of rotatable bonds is 4. The molecule has 0 spiro atoms. The first-order chi connectivity index (χ1) is 7.75. The second kappa shape index (κ2) is 5.37. The zero-order valence-electron chi connectivity index (χ0n) is 9.72. The molecule has 2 rings (SSSR count). The van der Waals surface area contributed by atoms with Gasteiger partial charge in [-0.3, -0.25) is 0 Å². The van der Waals surface area contributed by atoms with Gasteiger partial charge in [-0.2, -0.15) is 0 Å². The molecule has 0 aromatic carbocycles. The molecule has 2 atom stereocenters. The molecule has 0 aliphatic carbocycles. The van der Waals surface area contributed by atoms with Crippen LogP contribution in [0, 0.1) is 6.92 Å². The monoisotopic (exact) mass is 221 g/mol. The first-order valence-corrected chi connectivity index (χ1v) is 5.92. The minimum atomic E-state index is 0.00546. The van der Waals surface area contributed by atoms with Crippen LogP contribution >= 0.6 is 0 Å². The minimum absolute atomic E-state index is 0.00546. The van der Waals surface area contributed by atoms with Gasteiger partial charge >= 0.3 is 0 Å². The Morgan fingerprint density at radius 2 is 2.50 bits per heavy atom. The van der Waals surface area contributed by atoms with Crippen LogP contribution in [0.3, 0.4) is 0 Å². The molecule has 4 nitrogen and oxygen atoms in total. The molecule has 1 aromatic rings. The molecule has 2 heterocycles. The van der Waals surface area contributed by atoms with Crippen LogP contribution in [0.2, 0.25) is 0 Å². The van der Waals surface area contributed by atoms with Gasteiger partial charge in [0, 0.05) is 18.8 Å². The van der Waals surface area contributed by atoms with E-state index in [1.54, 1.807) is 6.20 Å². The lowest BCUT2D eigenvalue weighted by molar-refractivity contribution is 0.101. The van der Waals surface area contributed by atoms with Crippen molar-refractivity contribution in [1.29, 1.82) is 0 Å². The van der Waals surface area contributed by atoms with Crippen molar-refractivity contribution in [3.05, 3.63) is 23.8 Å². The summed E-state index contributed by atoms with van der Waals surface area (Å²) >= 11 is 0. The van der Waals surface area contributed by atoms with E-state index < -0.39 is 0 Å². The van der Waals surface area contributed by atoms with Crippen LogP contribution in [0.15, 0.2) is 12.3 Å². The summed E-state index contributed by atoms with van der Waals surface area (Å²) in [5.41, 5.74) is 7.03. The van der Waals surface area contributed by atoms with Gasteiger partial charge in [0.05, 0.1) is 11.8 Å². The quantitative estimate of drug-likeness (QED) is 0.841. The van der Waals surface area contributed by atoms with E-state index in [0.29, 0.717) is 6.10 Å². The van der Waals surface area contributed by atoms with Crippen LogP contribution in [0.5, 0.6) is 0 Å². The van der Waals surface area contributed by atoms with E-state index in [0.717, 1.165) is 31.0 Å². The predicted octanol–water partition coefficient (Wildman–Crippen LogP) is 1.74. The van der Waals surface area contributed by atoms with Crippen LogP contribution in [-0.4, -0.2) is 22.7 Å². The van der Waals surface area contributed by atoms with Gasteiger partial charge in [0.1, 0.15) is 5.82 Å². The number of nitrogens with two attached hydrogens (primary N) is 1. The third kappa shape index (κ3) is 3.00. The average Bonchev–Trinajstić information content (AvgIpc) is 2.78. The third-order valence-corrected chi connectivity index (χ3v) is 3.00. The molecule has 4 heteroatoms. The van der Waals surface area contributed by atoms with Gasteiger partial charge in [0.2, 0.25) is 0 Å². The summed E-state index contributed by atoms with van der Waals surface area (Å²) in [4.78, 5) is 8.41. The van der Waals surface area contributed by atoms with Gasteiger partial charge in [-0.1, -0.05) is 0 Å². The van der Waals surface area contributed by atoms with Crippen molar-refractivity contribution in [2.75, 3.05) is 6.61 Å². The molecule has 1 saturated heterocycles. The Balaban J connectivity index is 1.85. The normalized spacial score (nSPS) is 22.2. The highest BCUT2D eigenvalue weighted by molar-refractivity contribution is 5.06. The van der Waals surface area contributed by atoms with Crippen molar-refractivity contribution >= 4 is 0 Å². The summed E-state index contributed by atoms with van der Waals surface area (Å²) in [6.45, 7) is 2.79. The number of hydrogen-bond donors (Lipinski definition) is 1. The second-order valence-electron chi connectivity index (χ2n) is 4.35. The van der Waals surface area contributed by atoms with Crippen LogP contribution in [0.25, 0.3) is 0 Å². The maximum atomic E-state index is 6.10. The van der Waals surface area contributed by atoms with E-state index in [9.17, 15) is 0 Å². The summed E-state index contributed by atoms with van der Waals surface area (Å²) in [6, 6.07) is 1.90. The Bertz CT molecular complexity index is 337. The average molecular weight is 221 g/mol. The summed E-state index contributed by atoms with van der Waals surface area (Å²) in [5, 5.41) is 0. The zero-order valence-corrected chi connectivity index (χ0v) is 9.72. The summed E-state index contributed by atoms with van der Waals surface area (Å²) in [5.74, 6) is 0.782. The molecule has 1 aliphatic heterocycles. The van der Waals surface area contributed by atoms with E-state index in [1.807, 2.05) is 13.0 Å². The molecule has 0 bridgehead atoms. The standard InChI is InChI=1S/C12H19N3O/c1-9-14-7-6-12(15-9)11(13)5-4-10-3-2-8-16-10/h6-7,10-11H,2-5,8,13H2,1H3. The molecule has 88 valence electrons. The number of ether oxygens (including phenoxy) is 1. The first kappa shape index (κ1) is 11.5. The van der Waals surface area contributed by atoms with Crippen LogP contribution in [-0.2, 0) is 4.74 Å². The first-order valence-electron chi connectivity index (χ1n) is 5.92. The summed E-state index contributed by atoms with van der Waals surface area (Å²) in [7, 11) is 0. The molecule has 0 amide bonds. The van der Waals surface area contributed by atoms with Crippen LogP contribution in [0.4, 0.5) is 0 Å². The maximum Gasteiger partial charge on any atom is 0.125 e. The lowest BCUT2D eigenvalue weighted by Crippen LogP contribution is -2.16. The van der Waals surface area contributed by atoms with Crippen molar-refractivity contribution in [3.8, 4) is 0 Å². The van der Waals surface area contributed by atoms with E-state index >= 15 is 0 Å². The van der Waals surface area contributed by atoms with Gasteiger partial charge in [-0.05, 0) is 38.7 Å². The molecule has 0 radical (unpaired) electrons. The molecule has 16 heavy (non-hydrogen) atoms. The Kier molecular flexibility index (Phi) is 3.85. The largest absolute Gasteiger partial charge is 0.378 e. The lowest BCUT2D eigenvalue weighted by Gasteiger charge is -2.14. The highest BCUT2D eigenvalue weighted by atomic mass is 16.5. The molecule has 2 unspecified atom stereocenters. The lowest BCUT2D eigenvalue weighted by atomic mass is 10.0. The highest BCUT2D eigenvalue weighted by Crippen LogP contribution is 2.21. The van der Waals surface area contributed by atoms with Crippen molar-refractivity contribution in [2.24, 2.45) is 5.73 Å². The van der Waals surface area contributed by atoms with Crippen LogP contribution in [0.1, 0.15) is 43.2 Å². The predicted molar refractivity (Wildman–Crippen MR) is 61.9 cm³/mol. The number of aryl methyl sites for hydroxylation is 1. The fourth-order valence-corrected chi connectivity index (χ4v) is 2.07. The number of aromatic nitrogens is 2. The van der Waals surface area contributed by atoms with Crippen molar-refractivity contribution < 1.29 is 4.74 Å². The molecule has 0 saturated carbocycles. The smallest absolute Gasteiger partial charge is 0.125 e. The topological polar surface area (TPSA) is 61.0 Å². The molecular weight excluding hydrogens is 202 g/mol. The fraction of sp³-hybridized carbons (Fsp3) is 0.667. The van der Waals surface area contributed by atoms with Crippen LogP contribution < -0.4 is 5.73 Å². The molecule has 2 N–H and O–H groups in total. The Labute approximate surface area is 96.2 Å². The van der Waals surface area contributed by atoms with E-state index in [4.69, 9.17) is 10.5 Å². The maximum absolute atomic E-state index is 6.10. The summed E-state index contributed by atoms with van der Waals surface area (Å²) < 4.78 is 5.57. The van der Waals surface area contributed by atoms with Gasteiger partial charge in [0.25, 0.3) is 0 Å². The SMILES string of the molecule is Cc1nccc(C(N)CCC2CCCO2)n1. The number of nitrogens with zero attached hydrogens (tertiary/aromatic N) is 2. The molecule has 1 fully saturated rings. The number of hydrogen-bond acceptors (Lipinski definition) is 4.